The van der Waals surface area contributed by atoms with Crippen LogP contribution in [-0.4, -0.2) is 38.4 Å². The molecule has 0 unspecified atom stereocenters. The van der Waals surface area contributed by atoms with Gasteiger partial charge in [-0.2, -0.15) is 0 Å². The zero-order valence-corrected chi connectivity index (χ0v) is 15.8. The summed E-state index contributed by atoms with van der Waals surface area (Å²) in [7, 11) is 2.99. The lowest BCUT2D eigenvalue weighted by Crippen LogP contribution is -2.40. The molecule has 0 fully saturated rings. The van der Waals surface area contributed by atoms with E-state index in [-0.39, 0.29) is 18.4 Å². The van der Waals surface area contributed by atoms with E-state index < -0.39 is 5.91 Å². The van der Waals surface area contributed by atoms with Crippen LogP contribution in [0.15, 0.2) is 54.6 Å². The van der Waals surface area contributed by atoms with Crippen LogP contribution in [0.25, 0.3) is 6.08 Å². The van der Waals surface area contributed by atoms with E-state index >= 15 is 0 Å². The fraction of sp³-hybridized carbons (Fsp3) is 0.150. The number of hydrogen-bond acceptors (Lipinski definition) is 3. The van der Waals surface area contributed by atoms with Crippen molar-refractivity contribution >= 4 is 41.1 Å². The highest BCUT2D eigenvalue weighted by molar-refractivity contribution is 6.30. The Labute approximate surface area is 162 Å². The maximum atomic E-state index is 12.8. The molecule has 0 aliphatic heterocycles. The molecule has 0 saturated heterocycles. The third kappa shape index (κ3) is 5.43. The average molecular weight is 386 g/mol. The maximum Gasteiger partial charge on any atom is 0.253 e. The molecule has 0 saturated carbocycles. The number of carbonyl (C=O) groups is 3. The van der Waals surface area contributed by atoms with E-state index in [4.69, 9.17) is 11.6 Å². The first-order chi connectivity index (χ1) is 13.0. The van der Waals surface area contributed by atoms with Crippen molar-refractivity contribution in [1.29, 1.82) is 0 Å². The van der Waals surface area contributed by atoms with E-state index in [1.807, 2.05) is 0 Å². The number of para-hydroxylation sites is 1. The maximum absolute atomic E-state index is 12.8. The standard InChI is InChI=1S/C20H20ClN3O3/c1-22-18(25)13-24(17-6-4-3-5-16(17)20(27)23-2)19(26)12-9-14-7-10-15(21)11-8-14/h3-12H,13H2,1-2H3,(H,22,25)(H,23,27). The largest absolute Gasteiger partial charge is 0.358 e. The Balaban J connectivity index is 2.37. The normalized spacial score (nSPS) is 10.5. The molecule has 7 heteroatoms. The molecule has 0 spiro atoms. The summed E-state index contributed by atoms with van der Waals surface area (Å²) in [5, 5.41) is 5.63. The van der Waals surface area contributed by atoms with Crippen LogP contribution in [-0.2, 0) is 9.59 Å². The minimum atomic E-state index is -0.426. The van der Waals surface area contributed by atoms with Gasteiger partial charge in [0.25, 0.3) is 11.8 Å². The van der Waals surface area contributed by atoms with Crippen LogP contribution in [0, 0.1) is 0 Å². The molecule has 0 aliphatic carbocycles. The molecule has 2 aromatic carbocycles. The first kappa shape index (κ1) is 20.2. The number of carbonyl (C=O) groups excluding carboxylic acids is 3. The number of likely N-dealkylation sites (N-methyl/N-ethyl adjacent to an activating group) is 1. The van der Waals surface area contributed by atoms with Crippen molar-refractivity contribution in [3.05, 3.63) is 70.8 Å². The van der Waals surface area contributed by atoms with E-state index in [2.05, 4.69) is 10.6 Å². The van der Waals surface area contributed by atoms with E-state index in [0.29, 0.717) is 16.3 Å². The number of benzene rings is 2. The van der Waals surface area contributed by atoms with Gasteiger partial charge in [-0.05, 0) is 35.9 Å². The number of hydrogen-bond donors (Lipinski definition) is 2. The molecule has 27 heavy (non-hydrogen) atoms. The molecular weight excluding hydrogens is 366 g/mol. The molecule has 0 aromatic heterocycles. The van der Waals surface area contributed by atoms with E-state index in [1.54, 1.807) is 54.6 Å². The Morgan fingerprint density at radius 2 is 1.67 bits per heavy atom. The molecule has 0 aliphatic rings. The molecular formula is C20H20ClN3O3. The van der Waals surface area contributed by atoms with Gasteiger partial charge in [-0.25, -0.2) is 0 Å². The fourth-order valence-electron chi connectivity index (χ4n) is 2.37. The van der Waals surface area contributed by atoms with Gasteiger partial charge in [-0.1, -0.05) is 35.9 Å². The number of halogens is 1. The summed E-state index contributed by atoms with van der Waals surface area (Å²) in [4.78, 5) is 38.1. The lowest BCUT2D eigenvalue weighted by molar-refractivity contribution is -0.121. The van der Waals surface area contributed by atoms with Crippen LogP contribution in [0.2, 0.25) is 5.02 Å². The summed E-state index contributed by atoms with van der Waals surface area (Å²) >= 11 is 5.86. The van der Waals surface area contributed by atoms with Gasteiger partial charge in [0.05, 0.1) is 11.3 Å². The Morgan fingerprint density at radius 1 is 1.00 bits per heavy atom. The van der Waals surface area contributed by atoms with Crippen LogP contribution in [0.4, 0.5) is 5.69 Å². The summed E-state index contributed by atoms with van der Waals surface area (Å²) in [5.41, 5.74) is 1.44. The highest BCUT2D eigenvalue weighted by Crippen LogP contribution is 2.21. The monoisotopic (exact) mass is 385 g/mol. The molecule has 0 heterocycles. The minimum Gasteiger partial charge on any atom is -0.358 e. The Morgan fingerprint density at radius 3 is 2.30 bits per heavy atom. The van der Waals surface area contributed by atoms with E-state index in [1.165, 1.54) is 25.1 Å². The highest BCUT2D eigenvalue weighted by atomic mass is 35.5. The summed E-state index contributed by atoms with van der Waals surface area (Å²) < 4.78 is 0. The van der Waals surface area contributed by atoms with E-state index in [9.17, 15) is 14.4 Å². The first-order valence-electron chi connectivity index (χ1n) is 8.23. The highest BCUT2D eigenvalue weighted by Gasteiger charge is 2.21. The molecule has 2 aromatic rings. The van der Waals surface area contributed by atoms with Gasteiger partial charge >= 0.3 is 0 Å². The third-order valence-corrected chi connectivity index (χ3v) is 4.05. The number of nitrogens with zero attached hydrogens (tertiary/aromatic N) is 1. The molecule has 2 N–H and O–H groups in total. The van der Waals surface area contributed by atoms with Crippen LogP contribution in [0.5, 0.6) is 0 Å². The zero-order valence-electron chi connectivity index (χ0n) is 15.0. The lowest BCUT2D eigenvalue weighted by Gasteiger charge is -2.23. The van der Waals surface area contributed by atoms with Gasteiger partial charge in [0.1, 0.15) is 6.54 Å². The SMILES string of the molecule is CNC(=O)CN(C(=O)C=Cc1ccc(Cl)cc1)c1ccccc1C(=O)NC. The number of rotatable bonds is 6. The van der Waals surface area contributed by atoms with Crippen molar-refractivity contribution < 1.29 is 14.4 Å². The van der Waals surface area contributed by atoms with Crippen molar-refractivity contribution in [3.63, 3.8) is 0 Å². The smallest absolute Gasteiger partial charge is 0.253 e. The van der Waals surface area contributed by atoms with Gasteiger partial charge in [-0.3, -0.25) is 19.3 Å². The van der Waals surface area contributed by atoms with E-state index in [0.717, 1.165) is 5.56 Å². The minimum absolute atomic E-state index is 0.214. The van der Waals surface area contributed by atoms with Crippen molar-refractivity contribution in [2.24, 2.45) is 0 Å². The summed E-state index contributed by atoms with van der Waals surface area (Å²) in [6.07, 6.45) is 2.98. The predicted molar refractivity (Wildman–Crippen MR) is 107 cm³/mol. The van der Waals surface area contributed by atoms with Gasteiger partial charge in [-0.15, -0.1) is 0 Å². The van der Waals surface area contributed by atoms with Gasteiger partial charge in [0.2, 0.25) is 5.91 Å². The first-order valence-corrected chi connectivity index (χ1v) is 8.61. The predicted octanol–water partition coefficient (Wildman–Crippen LogP) is 2.49. The topological polar surface area (TPSA) is 78.5 Å². The fourth-order valence-corrected chi connectivity index (χ4v) is 2.50. The van der Waals surface area contributed by atoms with Crippen molar-refractivity contribution in [1.82, 2.24) is 10.6 Å². The second kappa shape index (κ2) is 9.54. The summed E-state index contributed by atoms with van der Waals surface area (Å²) in [6.45, 7) is -0.214. The van der Waals surface area contributed by atoms with Gasteiger partial charge < -0.3 is 10.6 Å². The van der Waals surface area contributed by atoms with Crippen LogP contribution in [0.3, 0.4) is 0 Å². The van der Waals surface area contributed by atoms with Crippen LogP contribution in [0.1, 0.15) is 15.9 Å². The Bertz CT molecular complexity index is 863. The molecule has 140 valence electrons. The molecule has 6 nitrogen and oxygen atoms in total. The molecule has 3 amide bonds. The van der Waals surface area contributed by atoms with Crippen molar-refractivity contribution in [3.8, 4) is 0 Å². The van der Waals surface area contributed by atoms with Crippen LogP contribution >= 0.6 is 11.6 Å². The quantitative estimate of drug-likeness (QED) is 0.750. The Hall–Kier alpha value is -3.12. The number of anilines is 1. The molecule has 0 atom stereocenters. The average Bonchev–Trinajstić information content (AvgIpc) is 2.70. The third-order valence-electron chi connectivity index (χ3n) is 3.80. The lowest BCUT2D eigenvalue weighted by atomic mass is 10.1. The van der Waals surface area contributed by atoms with Crippen LogP contribution < -0.4 is 15.5 Å². The number of nitrogens with one attached hydrogen (secondary N) is 2. The van der Waals surface area contributed by atoms with Gasteiger partial charge in [0.15, 0.2) is 0 Å². The second-order valence-corrected chi connectivity index (χ2v) is 6.02. The second-order valence-electron chi connectivity index (χ2n) is 5.58. The van der Waals surface area contributed by atoms with Gasteiger partial charge in [0, 0.05) is 25.2 Å². The van der Waals surface area contributed by atoms with Crippen molar-refractivity contribution in [2.45, 2.75) is 0 Å². The Kier molecular flexibility index (Phi) is 7.14. The molecule has 0 bridgehead atoms. The zero-order chi connectivity index (χ0) is 19.8. The number of amides is 3. The van der Waals surface area contributed by atoms with Crippen molar-refractivity contribution in [2.75, 3.05) is 25.5 Å². The molecule has 0 radical (unpaired) electrons. The summed E-state index contributed by atoms with van der Waals surface area (Å²) in [5.74, 6) is -1.12. The summed E-state index contributed by atoms with van der Waals surface area (Å²) in [6, 6.07) is 13.6. The molecule has 2 rings (SSSR count).